The topological polar surface area (TPSA) is 46.2 Å². The van der Waals surface area contributed by atoms with E-state index in [1.54, 1.807) is 6.92 Å². The van der Waals surface area contributed by atoms with Crippen molar-refractivity contribution in [1.82, 2.24) is 0 Å². The maximum Gasteiger partial charge on any atom is 0.188 e. The van der Waals surface area contributed by atoms with Gasteiger partial charge in [-0.3, -0.25) is 0 Å². The van der Waals surface area contributed by atoms with Gasteiger partial charge in [0.15, 0.2) is 7.85 Å². The molecule has 0 aliphatic heterocycles. The van der Waals surface area contributed by atoms with Crippen molar-refractivity contribution in [3.63, 3.8) is 0 Å². The monoisotopic (exact) mass is 145 g/mol. The molecular formula is C8H8BNO. The Morgan fingerprint density at radius 1 is 1.64 bits per heavy atom. The van der Waals surface area contributed by atoms with Crippen LogP contribution in [-0.4, -0.2) is 13.0 Å². The molecular weight excluding hydrogens is 137 g/mol. The molecule has 11 heavy (non-hydrogen) atoms. The smallest absolute Gasteiger partial charge is 0.188 e. The van der Waals surface area contributed by atoms with Crippen molar-refractivity contribution in [2.24, 2.45) is 5.73 Å². The highest BCUT2D eigenvalue weighted by Gasteiger charge is 1.90. The van der Waals surface area contributed by atoms with E-state index < -0.39 is 0 Å². The van der Waals surface area contributed by atoms with Crippen LogP contribution in [0.25, 0.3) is 0 Å². The van der Waals surface area contributed by atoms with Gasteiger partial charge in [-0.05, 0) is 13.0 Å². The highest BCUT2D eigenvalue weighted by molar-refractivity contribution is 6.22. The first-order valence-electron chi connectivity index (χ1n) is 2.99. The second-order valence-corrected chi connectivity index (χ2v) is 1.66. The fourth-order valence-electron chi connectivity index (χ4n) is 0.385. The molecule has 0 aliphatic rings. The normalized spacial score (nSPS) is 9.00. The minimum atomic E-state index is -0.0138. The lowest BCUT2D eigenvalue weighted by atomic mass is 10.2. The van der Waals surface area contributed by atoms with Crippen LogP contribution in [0.3, 0.4) is 0 Å². The largest absolute Gasteiger partial charge is 0.505 e. The van der Waals surface area contributed by atoms with Gasteiger partial charge in [-0.2, -0.15) is 5.82 Å². The molecule has 0 unspecified atom stereocenters. The second kappa shape index (κ2) is 5.28. The van der Waals surface area contributed by atoms with Crippen LogP contribution in [0.2, 0.25) is 0 Å². The van der Waals surface area contributed by atoms with E-state index in [0.29, 0.717) is 0 Å². The Morgan fingerprint density at radius 2 is 2.27 bits per heavy atom. The van der Waals surface area contributed by atoms with Crippen LogP contribution in [0.15, 0.2) is 29.3 Å². The Bertz CT molecular complexity index is 274. The molecule has 0 fully saturated rings. The third-order valence-corrected chi connectivity index (χ3v) is 0.933. The van der Waals surface area contributed by atoms with Crippen molar-refractivity contribution < 1.29 is 5.11 Å². The van der Waals surface area contributed by atoms with Crippen LogP contribution in [0.5, 0.6) is 0 Å². The molecule has 2 radical (unpaired) electrons. The highest BCUT2D eigenvalue weighted by Crippen LogP contribution is 1.94. The van der Waals surface area contributed by atoms with Gasteiger partial charge in [-0.25, -0.2) is 0 Å². The molecule has 2 nitrogen and oxygen atoms in total. The van der Waals surface area contributed by atoms with Crippen LogP contribution in [-0.2, 0) is 0 Å². The van der Waals surface area contributed by atoms with Crippen LogP contribution in [0.1, 0.15) is 6.92 Å². The van der Waals surface area contributed by atoms with Gasteiger partial charge < -0.3 is 10.8 Å². The molecule has 0 saturated heterocycles. The minimum Gasteiger partial charge on any atom is -0.505 e. The summed E-state index contributed by atoms with van der Waals surface area (Å²) in [5.74, 6) is 4.54. The zero-order valence-electron chi connectivity index (χ0n) is 6.26. The van der Waals surface area contributed by atoms with Crippen molar-refractivity contribution in [2.45, 2.75) is 6.92 Å². The van der Waals surface area contributed by atoms with E-state index >= 15 is 0 Å². The van der Waals surface area contributed by atoms with Gasteiger partial charge >= 0.3 is 0 Å². The summed E-state index contributed by atoms with van der Waals surface area (Å²) in [5, 5.41) is 8.96. The summed E-state index contributed by atoms with van der Waals surface area (Å²) in [4.78, 5) is 0. The molecule has 0 rings (SSSR count). The first-order valence-corrected chi connectivity index (χ1v) is 2.99. The fourth-order valence-corrected chi connectivity index (χ4v) is 0.385. The molecule has 0 aromatic carbocycles. The van der Waals surface area contributed by atoms with Gasteiger partial charge in [0.1, 0.15) is 11.5 Å². The van der Waals surface area contributed by atoms with Crippen molar-refractivity contribution in [3.8, 4) is 11.7 Å². The van der Waals surface area contributed by atoms with Crippen LogP contribution in [0.4, 0.5) is 0 Å². The van der Waals surface area contributed by atoms with E-state index in [1.165, 1.54) is 12.2 Å². The zero-order chi connectivity index (χ0) is 8.69. The number of rotatable bonds is 1. The Kier molecular flexibility index (Phi) is 4.56. The lowest BCUT2D eigenvalue weighted by Gasteiger charge is -1.91. The van der Waals surface area contributed by atoms with Gasteiger partial charge in [-0.1, -0.05) is 11.7 Å². The third kappa shape index (κ3) is 3.97. The van der Waals surface area contributed by atoms with Crippen LogP contribution in [0, 0.1) is 11.7 Å². The van der Waals surface area contributed by atoms with Gasteiger partial charge in [0.25, 0.3) is 0 Å². The lowest BCUT2D eigenvalue weighted by molar-refractivity contribution is 0.421. The molecule has 0 heterocycles. The predicted octanol–water partition coefficient (Wildman–Crippen LogP) is 0.575. The number of hydrogen-bond acceptors (Lipinski definition) is 2. The quantitative estimate of drug-likeness (QED) is 0.186. The molecule has 0 saturated carbocycles. The van der Waals surface area contributed by atoms with Gasteiger partial charge in [0.2, 0.25) is 0 Å². The standard InChI is InChI=1S/C8H8BNO/c1-2-8(11)7(10)5-3-4-6-9/h2-3,11H,10H2,1H3/b8-2+. The summed E-state index contributed by atoms with van der Waals surface area (Å²) >= 11 is 0. The van der Waals surface area contributed by atoms with E-state index in [0.717, 1.165) is 0 Å². The molecule has 0 spiro atoms. The van der Waals surface area contributed by atoms with E-state index in [1.807, 2.05) is 0 Å². The van der Waals surface area contributed by atoms with E-state index in [4.69, 9.17) is 18.7 Å². The molecule has 0 bridgehead atoms. The van der Waals surface area contributed by atoms with Gasteiger partial charge in [0.05, 0.1) is 0 Å². The van der Waals surface area contributed by atoms with Crippen molar-refractivity contribution in [1.29, 1.82) is 0 Å². The summed E-state index contributed by atoms with van der Waals surface area (Å²) in [6.07, 6.45) is 2.81. The maximum atomic E-state index is 8.96. The number of aliphatic hydroxyl groups is 1. The Labute approximate surface area is 67.5 Å². The predicted molar refractivity (Wildman–Crippen MR) is 45.7 cm³/mol. The van der Waals surface area contributed by atoms with Crippen LogP contribution < -0.4 is 5.73 Å². The van der Waals surface area contributed by atoms with E-state index in [9.17, 15) is 0 Å². The second-order valence-electron chi connectivity index (χ2n) is 1.66. The summed E-state index contributed by atoms with van der Waals surface area (Å²) in [6, 6.07) is 0. The van der Waals surface area contributed by atoms with E-state index in [2.05, 4.69) is 17.5 Å². The molecule has 3 N–H and O–H groups in total. The highest BCUT2D eigenvalue weighted by atomic mass is 16.3. The Morgan fingerprint density at radius 3 is 2.73 bits per heavy atom. The first-order chi connectivity index (χ1) is 5.22. The number of hydrogen-bond donors (Lipinski definition) is 2. The molecule has 0 amide bonds. The molecule has 0 aromatic heterocycles. The number of aliphatic hydroxyl groups excluding tert-OH is 1. The molecule has 0 atom stereocenters. The Hall–Kier alpha value is -1.52. The summed E-state index contributed by atoms with van der Waals surface area (Å²) in [6.45, 7) is 1.67. The molecule has 3 heteroatoms. The summed E-state index contributed by atoms with van der Waals surface area (Å²) in [5.41, 5.74) is 8.00. The Balaban J connectivity index is 4.54. The first kappa shape index (κ1) is 9.48. The molecule has 0 aromatic rings. The summed E-state index contributed by atoms with van der Waals surface area (Å²) < 4.78 is 0. The molecule has 54 valence electrons. The lowest BCUT2D eigenvalue weighted by Crippen LogP contribution is -1.97. The third-order valence-electron chi connectivity index (χ3n) is 0.933. The average Bonchev–Trinajstić information content (AvgIpc) is 2.03. The average molecular weight is 145 g/mol. The fraction of sp³-hybridized carbons (Fsp3) is 0.125. The maximum absolute atomic E-state index is 8.96. The van der Waals surface area contributed by atoms with Crippen molar-refractivity contribution in [3.05, 3.63) is 29.3 Å². The van der Waals surface area contributed by atoms with Crippen LogP contribution >= 0.6 is 0 Å². The van der Waals surface area contributed by atoms with E-state index in [-0.39, 0.29) is 11.5 Å². The minimum absolute atomic E-state index is 0.0138. The zero-order valence-corrected chi connectivity index (χ0v) is 6.26. The SMILES string of the molecule is [B]C#CC=C=C(N)/C(O)=C\C. The number of nitrogens with two attached hydrogens (primary N) is 1. The summed E-state index contributed by atoms with van der Waals surface area (Å²) in [7, 11) is 4.86. The number of allylic oxidation sites excluding steroid dienone is 1. The van der Waals surface area contributed by atoms with Gasteiger partial charge in [-0.15, -0.1) is 0 Å². The van der Waals surface area contributed by atoms with Crippen molar-refractivity contribution >= 4 is 7.85 Å². The van der Waals surface area contributed by atoms with Crippen molar-refractivity contribution in [2.75, 3.05) is 0 Å². The molecule has 0 aliphatic carbocycles. The van der Waals surface area contributed by atoms with Gasteiger partial charge in [0, 0.05) is 6.08 Å².